The number of nitrogens with one attached hydrogen (secondary N) is 1. The molecular formula is C26H34FN3O4S. The monoisotopic (exact) mass is 503 g/mol. The number of hydrogen-bond donors (Lipinski definition) is 1. The van der Waals surface area contributed by atoms with Crippen LogP contribution in [-0.4, -0.2) is 56.6 Å². The van der Waals surface area contributed by atoms with E-state index in [0.29, 0.717) is 6.42 Å². The third kappa shape index (κ3) is 7.52. The molecule has 2 aromatic carbocycles. The molecule has 0 saturated heterocycles. The largest absolute Gasteiger partial charge is 0.352 e. The Morgan fingerprint density at radius 1 is 1.03 bits per heavy atom. The number of anilines is 1. The Labute approximate surface area is 207 Å². The van der Waals surface area contributed by atoms with Gasteiger partial charge in [0.1, 0.15) is 18.4 Å². The highest BCUT2D eigenvalue weighted by Crippen LogP contribution is 2.22. The molecule has 0 spiro atoms. The van der Waals surface area contributed by atoms with E-state index in [1.165, 1.54) is 23.1 Å². The third-order valence-electron chi connectivity index (χ3n) is 6.40. The van der Waals surface area contributed by atoms with Crippen LogP contribution in [0.1, 0.15) is 44.6 Å². The zero-order valence-electron chi connectivity index (χ0n) is 20.3. The summed E-state index contributed by atoms with van der Waals surface area (Å²) in [6.07, 6.45) is 6.51. The number of nitrogens with zero attached hydrogens (tertiary/aromatic N) is 2. The number of carbonyl (C=O) groups is 2. The molecular weight excluding hydrogens is 469 g/mol. The molecule has 1 aliphatic rings. The van der Waals surface area contributed by atoms with Gasteiger partial charge in [-0.2, -0.15) is 0 Å². The molecule has 1 saturated carbocycles. The Balaban J connectivity index is 1.82. The summed E-state index contributed by atoms with van der Waals surface area (Å²) >= 11 is 0. The summed E-state index contributed by atoms with van der Waals surface area (Å²) in [6.45, 7) is 1.27. The molecule has 0 aromatic heterocycles. The van der Waals surface area contributed by atoms with Gasteiger partial charge in [0, 0.05) is 12.6 Å². The maximum absolute atomic E-state index is 14.4. The fourth-order valence-corrected chi connectivity index (χ4v) is 5.24. The summed E-state index contributed by atoms with van der Waals surface area (Å²) in [6, 6.07) is 14.2. The van der Waals surface area contributed by atoms with Crippen molar-refractivity contribution in [3.63, 3.8) is 0 Å². The van der Waals surface area contributed by atoms with E-state index in [2.05, 4.69) is 5.32 Å². The highest BCUT2D eigenvalue weighted by molar-refractivity contribution is 7.92. The summed E-state index contributed by atoms with van der Waals surface area (Å²) in [5.74, 6) is -1.58. The summed E-state index contributed by atoms with van der Waals surface area (Å²) in [5.41, 5.74) is 0.782. The van der Waals surface area contributed by atoms with Crippen LogP contribution in [0.3, 0.4) is 0 Å². The first kappa shape index (κ1) is 26.7. The first-order valence-corrected chi connectivity index (χ1v) is 13.9. The van der Waals surface area contributed by atoms with Crippen molar-refractivity contribution in [1.29, 1.82) is 0 Å². The van der Waals surface area contributed by atoms with Crippen molar-refractivity contribution in [2.75, 3.05) is 23.7 Å². The molecule has 190 valence electrons. The van der Waals surface area contributed by atoms with E-state index in [4.69, 9.17) is 0 Å². The van der Waals surface area contributed by atoms with Crippen LogP contribution in [0.5, 0.6) is 0 Å². The quantitative estimate of drug-likeness (QED) is 0.538. The molecule has 7 nitrogen and oxygen atoms in total. The Kier molecular flexibility index (Phi) is 9.26. The second kappa shape index (κ2) is 12.2. The number of carbonyl (C=O) groups excluding carboxylic acids is 2. The predicted molar refractivity (Wildman–Crippen MR) is 135 cm³/mol. The van der Waals surface area contributed by atoms with Gasteiger partial charge >= 0.3 is 0 Å². The molecule has 9 heteroatoms. The molecule has 2 aromatic rings. The number of halogens is 1. The second-order valence-electron chi connectivity index (χ2n) is 9.06. The molecule has 1 fully saturated rings. The van der Waals surface area contributed by atoms with Crippen LogP contribution >= 0.6 is 0 Å². The number of sulfonamides is 1. The van der Waals surface area contributed by atoms with E-state index in [1.807, 2.05) is 30.3 Å². The molecule has 2 amide bonds. The number of benzene rings is 2. The van der Waals surface area contributed by atoms with Gasteiger partial charge in [0.25, 0.3) is 0 Å². The summed E-state index contributed by atoms with van der Waals surface area (Å²) < 4.78 is 40.2. The SMILES string of the molecule is CC(C(=O)NC1CCCCC1)N(CCc1ccccc1)C(=O)CN(c1ccccc1F)S(C)(=O)=O. The van der Waals surface area contributed by atoms with Gasteiger partial charge in [-0.1, -0.05) is 61.7 Å². The van der Waals surface area contributed by atoms with Gasteiger partial charge in [-0.15, -0.1) is 0 Å². The topological polar surface area (TPSA) is 86.8 Å². The predicted octanol–water partition coefficient (Wildman–Crippen LogP) is 3.50. The number of rotatable bonds is 10. The molecule has 0 radical (unpaired) electrons. The van der Waals surface area contributed by atoms with Crippen LogP contribution < -0.4 is 9.62 Å². The van der Waals surface area contributed by atoms with Crippen molar-refractivity contribution < 1.29 is 22.4 Å². The Morgan fingerprint density at radius 3 is 2.29 bits per heavy atom. The van der Waals surface area contributed by atoms with Gasteiger partial charge in [0.2, 0.25) is 21.8 Å². The summed E-state index contributed by atoms with van der Waals surface area (Å²) in [5, 5.41) is 3.05. The lowest BCUT2D eigenvalue weighted by molar-refractivity contribution is -0.139. The summed E-state index contributed by atoms with van der Waals surface area (Å²) in [4.78, 5) is 27.9. The van der Waals surface area contributed by atoms with Crippen molar-refractivity contribution in [1.82, 2.24) is 10.2 Å². The zero-order chi connectivity index (χ0) is 25.4. The number of amides is 2. The lowest BCUT2D eigenvalue weighted by Gasteiger charge is -2.33. The molecule has 1 atom stereocenters. The van der Waals surface area contributed by atoms with Crippen molar-refractivity contribution in [2.45, 2.75) is 57.5 Å². The molecule has 0 bridgehead atoms. The van der Waals surface area contributed by atoms with Crippen LogP contribution in [0, 0.1) is 5.82 Å². The van der Waals surface area contributed by atoms with Gasteiger partial charge in [-0.25, -0.2) is 12.8 Å². The number of hydrogen-bond acceptors (Lipinski definition) is 4. The lowest BCUT2D eigenvalue weighted by atomic mass is 9.95. The number of para-hydroxylation sites is 1. The second-order valence-corrected chi connectivity index (χ2v) is 11.0. The molecule has 0 aliphatic heterocycles. The van der Waals surface area contributed by atoms with Crippen LogP contribution in [0.15, 0.2) is 54.6 Å². The Hall–Kier alpha value is -2.94. The minimum atomic E-state index is -3.96. The van der Waals surface area contributed by atoms with Crippen LogP contribution in [0.4, 0.5) is 10.1 Å². The molecule has 35 heavy (non-hydrogen) atoms. The van der Waals surface area contributed by atoms with E-state index in [0.717, 1.165) is 54.3 Å². The minimum Gasteiger partial charge on any atom is -0.352 e. The van der Waals surface area contributed by atoms with Gasteiger partial charge < -0.3 is 10.2 Å². The van der Waals surface area contributed by atoms with E-state index in [-0.39, 0.29) is 24.2 Å². The first-order valence-electron chi connectivity index (χ1n) is 12.0. The molecule has 1 N–H and O–H groups in total. The third-order valence-corrected chi connectivity index (χ3v) is 7.53. The van der Waals surface area contributed by atoms with E-state index < -0.39 is 34.3 Å². The van der Waals surface area contributed by atoms with Gasteiger partial charge in [-0.3, -0.25) is 13.9 Å². The molecule has 1 aliphatic carbocycles. The average molecular weight is 504 g/mol. The maximum Gasteiger partial charge on any atom is 0.244 e. The van der Waals surface area contributed by atoms with Crippen molar-refractivity contribution >= 4 is 27.5 Å². The van der Waals surface area contributed by atoms with Crippen LogP contribution in [-0.2, 0) is 26.0 Å². The smallest absolute Gasteiger partial charge is 0.244 e. The van der Waals surface area contributed by atoms with E-state index >= 15 is 0 Å². The fraction of sp³-hybridized carbons (Fsp3) is 0.462. The Bertz CT molecular complexity index is 1100. The van der Waals surface area contributed by atoms with Crippen molar-refractivity contribution in [3.8, 4) is 0 Å². The maximum atomic E-state index is 14.4. The molecule has 1 unspecified atom stereocenters. The van der Waals surface area contributed by atoms with Crippen molar-refractivity contribution in [3.05, 3.63) is 66.0 Å². The lowest BCUT2D eigenvalue weighted by Crippen LogP contribution is -2.53. The van der Waals surface area contributed by atoms with E-state index in [9.17, 15) is 22.4 Å². The Morgan fingerprint density at radius 2 is 1.66 bits per heavy atom. The fourth-order valence-electron chi connectivity index (χ4n) is 4.39. The average Bonchev–Trinajstić information content (AvgIpc) is 2.83. The van der Waals surface area contributed by atoms with Crippen LogP contribution in [0.2, 0.25) is 0 Å². The highest BCUT2D eigenvalue weighted by Gasteiger charge is 2.31. The van der Waals surface area contributed by atoms with Gasteiger partial charge in [0.05, 0.1) is 11.9 Å². The van der Waals surface area contributed by atoms with Crippen molar-refractivity contribution in [2.24, 2.45) is 0 Å². The van der Waals surface area contributed by atoms with Crippen LogP contribution in [0.25, 0.3) is 0 Å². The normalized spacial score (nSPS) is 15.3. The first-order chi connectivity index (χ1) is 16.7. The van der Waals surface area contributed by atoms with Gasteiger partial charge in [0.15, 0.2) is 0 Å². The molecule has 0 heterocycles. The summed E-state index contributed by atoms with van der Waals surface area (Å²) in [7, 11) is -3.96. The highest BCUT2D eigenvalue weighted by atomic mass is 32.2. The minimum absolute atomic E-state index is 0.0794. The molecule has 3 rings (SSSR count). The zero-order valence-corrected chi connectivity index (χ0v) is 21.1. The van der Waals surface area contributed by atoms with E-state index in [1.54, 1.807) is 6.92 Å². The standard InChI is InChI=1S/C26H34FN3O4S/c1-20(26(32)28-22-13-7-4-8-14-22)29(18-17-21-11-5-3-6-12-21)25(31)19-30(35(2,33)34)24-16-10-9-15-23(24)27/h3,5-6,9-12,15-16,20,22H,4,7-8,13-14,17-19H2,1-2H3,(H,28,32). The van der Waals surface area contributed by atoms with Gasteiger partial charge in [-0.05, 0) is 43.9 Å².